The van der Waals surface area contributed by atoms with E-state index in [9.17, 15) is 0 Å². The molecule has 3 heterocycles. The highest BCUT2D eigenvalue weighted by atomic mass is 15.5. The van der Waals surface area contributed by atoms with Gasteiger partial charge in [-0.3, -0.25) is 0 Å². The largest absolute Gasteiger partial charge is 0.331 e. The SMILES string of the molecule is CC1C2N(c3ccccc3[C@H]1C)c1cncnc1N2C(C)C. The van der Waals surface area contributed by atoms with Gasteiger partial charge in [-0.15, -0.1) is 0 Å². The van der Waals surface area contributed by atoms with Gasteiger partial charge < -0.3 is 9.80 Å². The van der Waals surface area contributed by atoms with E-state index in [2.05, 4.69) is 71.7 Å². The summed E-state index contributed by atoms with van der Waals surface area (Å²) in [5.41, 5.74) is 3.86. The molecule has 4 rings (SSSR count). The molecule has 0 N–H and O–H groups in total. The summed E-state index contributed by atoms with van der Waals surface area (Å²) in [6, 6.07) is 9.16. The van der Waals surface area contributed by atoms with E-state index in [1.807, 2.05) is 6.20 Å². The van der Waals surface area contributed by atoms with Gasteiger partial charge in [0.15, 0.2) is 5.82 Å². The van der Waals surface area contributed by atoms with Crippen molar-refractivity contribution in [2.45, 2.75) is 45.8 Å². The minimum atomic E-state index is 0.316. The molecular formula is C18H22N4. The van der Waals surface area contributed by atoms with Crippen LogP contribution in [-0.4, -0.2) is 22.2 Å². The number of anilines is 3. The fourth-order valence-electron chi connectivity index (χ4n) is 4.02. The molecule has 4 nitrogen and oxygen atoms in total. The number of aromatic nitrogens is 2. The predicted octanol–water partition coefficient (Wildman–Crippen LogP) is 3.92. The molecule has 3 atom stereocenters. The van der Waals surface area contributed by atoms with Crippen molar-refractivity contribution in [1.29, 1.82) is 0 Å². The Labute approximate surface area is 131 Å². The average molecular weight is 294 g/mol. The van der Waals surface area contributed by atoms with E-state index in [-0.39, 0.29) is 0 Å². The Balaban J connectivity index is 1.97. The van der Waals surface area contributed by atoms with Crippen LogP contribution in [0.1, 0.15) is 39.2 Å². The lowest BCUT2D eigenvalue weighted by atomic mass is 9.81. The molecular weight excluding hydrogens is 272 g/mol. The zero-order valence-electron chi connectivity index (χ0n) is 13.6. The molecule has 0 aliphatic carbocycles. The van der Waals surface area contributed by atoms with Gasteiger partial charge in [0.05, 0.1) is 6.20 Å². The standard InChI is InChI=1S/C18H22N4/c1-11(2)21-17-16(9-19-10-20-17)22-15-8-6-5-7-14(15)12(3)13(4)18(21)22/h5-13,18H,1-4H3/t12-,13?,18?/m0/s1. The van der Waals surface area contributed by atoms with Crippen LogP contribution in [0.2, 0.25) is 0 Å². The fourth-order valence-corrected chi connectivity index (χ4v) is 4.02. The van der Waals surface area contributed by atoms with Gasteiger partial charge in [0, 0.05) is 17.6 Å². The molecule has 4 heteroatoms. The quantitative estimate of drug-likeness (QED) is 0.798. The lowest BCUT2D eigenvalue weighted by Crippen LogP contribution is -2.52. The second-order valence-corrected chi connectivity index (χ2v) is 6.72. The second kappa shape index (κ2) is 4.70. The maximum absolute atomic E-state index is 4.59. The van der Waals surface area contributed by atoms with Crippen LogP contribution in [0, 0.1) is 5.92 Å². The van der Waals surface area contributed by atoms with Gasteiger partial charge in [0.1, 0.15) is 18.2 Å². The third-order valence-corrected chi connectivity index (χ3v) is 5.23. The summed E-state index contributed by atoms with van der Waals surface area (Å²) in [5, 5.41) is 0. The van der Waals surface area contributed by atoms with Crippen LogP contribution in [0.15, 0.2) is 36.8 Å². The maximum atomic E-state index is 4.59. The van der Waals surface area contributed by atoms with E-state index in [0.717, 1.165) is 11.5 Å². The van der Waals surface area contributed by atoms with E-state index in [0.29, 0.717) is 24.0 Å². The minimum Gasteiger partial charge on any atom is -0.331 e. The van der Waals surface area contributed by atoms with Gasteiger partial charge in [-0.25, -0.2) is 9.97 Å². The normalized spacial score (nSPS) is 26.0. The molecule has 22 heavy (non-hydrogen) atoms. The molecule has 0 saturated carbocycles. The number of benzene rings is 1. The number of rotatable bonds is 1. The van der Waals surface area contributed by atoms with Crippen LogP contribution in [0.25, 0.3) is 0 Å². The van der Waals surface area contributed by atoms with Crippen molar-refractivity contribution in [3.05, 3.63) is 42.4 Å². The first-order valence-corrected chi connectivity index (χ1v) is 8.07. The summed E-state index contributed by atoms with van der Waals surface area (Å²) in [6.07, 6.45) is 3.93. The molecule has 2 aromatic rings. The van der Waals surface area contributed by atoms with Crippen molar-refractivity contribution in [2.24, 2.45) is 5.92 Å². The molecule has 2 aliphatic rings. The minimum absolute atomic E-state index is 0.316. The summed E-state index contributed by atoms with van der Waals surface area (Å²) in [6.45, 7) is 9.18. The van der Waals surface area contributed by atoms with Crippen LogP contribution >= 0.6 is 0 Å². The summed E-state index contributed by atoms with van der Waals surface area (Å²) < 4.78 is 0. The molecule has 114 valence electrons. The van der Waals surface area contributed by atoms with Crippen LogP contribution in [0.5, 0.6) is 0 Å². The lowest BCUT2D eigenvalue weighted by molar-refractivity contribution is 0.357. The van der Waals surface area contributed by atoms with Crippen molar-refractivity contribution >= 4 is 17.2 Å². The number of fused-ring (bicyclic) bond motifs is 5. The summed E-state index contributed by atoms with van der Waals surface area (Å²) >= 11 is 0. The zero-order chi connectivity index (χ0) is 15.4. The molecule has 0 bridgehead atoms. The van der Waals surface area contributed by atoms with Gasteiger partial charge in [0.25, 0.3) is 0 Å². The molecule has 0 saturated heterocycles. The monoisotopic (exact) mass is 294 g/mol. The molecule has 0 radical (unpaired) electrons. The van der Waals surface area contributed by atoms with Crippen molar-refractivity contribution in [1.82, 2.24) is 9.97 Å². The smallest absolute Gasteiger partial charge is 0.157 e. The highest BCUT2D eigenvalue weighted by Gasteiger charge is 2.47. The first-order chi connectivity index (χ1) is 10.6. The summed E-state index contributed by atoms with van der Waals surface area (Å²) in [4.78, 5) is 13.8. The van der Waals surface area contributed by atoms with Crippen LogP contribution < -0.4 is 9.80 Å². The molecule has 0 spiro atoms. The number of hydrogen-bond donors (Lipinski definition) is 0. The molecule has 2 unspecified atom stereocenters. The highest BCUT2D eigenvalue weighted by Crippen LogP contribution is 2.53. The lowest BCUT2D eigenvalue weighted by Gasteiger charge is -2.45. The predicted molar refractivity (Wildman–Crippen MR) is 89.6 cm³/mol. The van der Waals surface area contributed by atoms with Gasteiger partial charge in [-0.05, 0) is 31.4 Å². The van der Waals surface area contributed by atoms with Gasteiger partial charge in [0.2, 0.25) is 0 Å². The van der Waals surface area contributed by atoms with Crippen molar-refractivity contribution in [3.63, 3.8) is 0 Å². The summed E-state index contributed by atoms with van der Waals surface area (Å²) in [5.74, 6) is 2.11. The number of nitrogens with zero attached hydrogens (tertiary/aromatic N) is 4. The molecule has 0 amide bonds. The Morgan fingerprint density at radius 1 is 1.09 bits per heavy atom. The van der Waals surface area contributed by atoms with E-state index >= 15 is 0 Å². The van der Waals surface area contributed by atoms with Gasteiger partial charge in [-0.2, -0.15) is 0 Å². The second-order valence-electron chi connectivity index (χ2n) is 6.72. The Morgan fingerprint density at radius 3 is 2.64 bits per heavy atom. The topological polar surface area (TPSA) is 32.3 Å². The molecule has 2 aliphatic heterocycles. The molecule has 1 aromatic heterocycles. The Kier molecular flexibility index (Phi) is 2.90. The Morgan fingerprint density at radius 2 is 1.86 bits per heavy atom. The highest BCUT2D eigenvalue weighted by molar-refractivity contribution is 5.83. The number of para-hydroxylation sites is 1. The molecule has 1 aromatic carbocycles. The van der Waals surface area contributed by atoms with Gasteiger partial charge in [-0.1, -0.05) is 32.0 Å². The van der Waals surface area contributed by atoms with Crippen molar-refractivity contribution in [3.8, 4) is 0 Å². The molecule has 0 fully saturated rings. The van der Waals surface area contributed by atoms with E-state index < -0.39 is 0 Å². The number of hydrogen-bond acceptors (Lipinski definition) is 4. The Bertz CT molecular complexity index is 712. The van der Waals surface area contributed by atoms with E-state index in [4.69, 9.17) is 0 Å². The zero-order valence-corrected chi connectivity index (χ0v) is 13.6. The third kappa shape index (κ3) is 1.64. The van der Waals surface area contributed by atoms with Crippen molar-refractivity contribution < 1.29 is 0 Å². The van der Waals surface area contributed by atoms with E-state index in [1.54, 1.807) is 6.33 Å². The van der Waals surface area contributed by atoms with Crippen molar-refractivity contribution in [2.75, 3.05) is 9.80 Å². The third-order valence-electron chi connectivity index (χ3n) is 5.23. The summed E-state index contributed by atoms with van der Waals surface area (Å²) in [7, 11) is 0. The van der Waals surface area contributed by atoms with E-state index in [1.165, 1.54) is 11.3 Å². The van der Waals surface area contributed by atoms with Crippen LogP contribution in [0.4, 0.5) is 17.2 Å². The van der Waals surface area contributed by atoms with Crippen LogP contribution in [-0.2, 0) is 0 Å². The maximum Gasteiger partial charge on any atom is 0.157 e. The Hall–Kier alpha value is -2.10. The average Bonchev–Trinajstić information content (AvgIpc) is 2.88. The fraction of sp³-hybridized carbons (Fsp3) is 0.444. The first kappa shape index (κ1) is 13.6. The van der Waals surface area contributed by atoms with Gasteiger partial charge >= 0.3 is 0 Å². The first-order valence-electron chi connectivity index (χ1n) is 8.07. The van der Waals surface area contributed by atoms with Crippen LogP contribution in [0.3, 0.4) is 0 Å².